The first kappa shape index (κ1) is 19.1. The van der Waals surface area contributed by atoms with E-state index >= 15 is 0 Å². The zero-order chi connectivity index (χ0) is 18.1. The van der Waals surface area contributed by atoms with Gasteiger partial charge in [0, 0.05) is 16.0 Å². The second kappa shape index (κ2) is 7.34. The van der Waals surface area contributed by atoms with Crippen LogP contribution in [0.3, 0.4) is 0 Å². The number of hydrogen-bond donors (Lipinski definition) is 0. The van der Waals surface area contributed by atoms with Crippen LogP contribution in [0, 0.1) is 18.4 Å². The molecule has 24 heavy (non-hydrogen) atoms. The fraction of sp³-hybridized carbons (Fsp3) is 0.455. The summed E-state index contributed by atoms with van der Waals surface area (Å²) in [6.07, 6.45) is 0. The molecule has 2 aromatic carbocycles. The van der Waals surface area contributed by atoms with E-state index in [-0.39, 0.29) is 0 Å². The van der Waals surface area contributed by atoms with Crippen LogP contribution in [0.1, 0.15) is 52.7 Å². The summed E-state index contributed by atoms with van der Waals surface area (Å²) in [5.74, 6) is 3.60. The maximum Gasteiger partial charge on any atom is 0.146 e. The van der Waals surface area contributed by atoms with E-state index in [9.17, 15) is 0 Å². The van der Waals surface area contributed by atoms with Crippen LogP contribution in [-0.2, 0) is 0 Å². The number of halogens is 1. The Kier molecular flexibility index (Phi) is 5.84. The summed E-state index contributed by atoms with van der Waals surface area (Å²) in [5.41, 5.74) is 8.13. The Hall–Kier alpha value is -1.23. The fourth-order valence-corrected chi connectivity index (χ4v) is 9.81. The van der Waals surface area contributed by atoms with Crippen LogP contribution in [0.4, 0.5) is 0 Å². The van der Waals surface area contributed by atoms with E-state index in [2.05, 4.69) is 78.1 Å². The van der Waals surface area contributed by atoms with Gasteiger partial charge in [-0.1, -0.05) is 71.2 Å². The first-order valence-electron chi connectivity index (χ1n) is 8.92. The molecule has 0 unspecified atom stereocenters. The minimum absolute atomic E-state index is 0.649. The molecule has 0 radical (unpaired) electrons. The minimum Gasteiger partial charge on any atom is -0.125 e. The number of fused-ring (bicyclic) bond motifs is 1. The Morgan fingerprint density at radius 2 is 1.50 bits per heavy atom. The third-order valence-corrected chi connectivity index (χ3v) is 11.9. The normalized spacial score (nSPS) is 12.1. The van der Waals surface area contributed by atoms with Gasteiger partial charge in [0.2, 0.25) is 0 Å². The van der Waals surface area contributed by atoms with Gasteiger partial charge in [-0.25, -0.2) is 0 Å². The average molecular weight is 357 g/mol. The van der Waals surface area contributed by atoms with Gasteiger partial charge in [0.15, 0.2) is 0 Å². The van der Waals surface area contributed by atoms with Gasteiger partial charge in [-0.3, -0.25) is 0 Å². The molecule has 2 heteroatoms. The Bertz CT molecular complexity index is 769. The molecule has 0 spiro atoms. The molecular formula is C22H29ClSi. The predicted octanol–water partition coefficient (Wildman–Crippen LogP) is 7.37. The Morgan fingerprint density at radius 3 is 2.04 bits per heavy atom. The second-order valence-electron chi connectivity index (χ2n) is 7.77. The molecule has 0 saturated heterocycles. The van der Waals surface area contributed by atoms with Crippen molar-refractivity contribution in [2.75, 3.05) is 0 Å². The van der Waals surface area contributed by atoms with Gasteiger partial charge in [-0.2, -0.15) is 0 Å². The van der Waals surface area contributed by atoms with Gasteiger partial charge in [0.1, 0.15) is 8.07 Å². The van der Waals surface area contributed by atoms with Crippen LogP contribution in [-0.4, -0.2) is 8.07 Å². The number of benzene rings is 2. The highest BCUT2D eigenvalue weighted by Gasteiger charge is 2.41. The maximum absolute atomic E-state index is 6.22. The van der Waals surface area contributed by atoms with Crippen molar-refractivity contribution in [1.29, 1.82) is 0 Å². The van der Waals surface area contributed by atoms with Crippen molar-refractivity contribution in [3.63, 3.8) is 0 Å². The molecule has 0 fully saturated rings. The van der Waals surface area contributed by atoms with Crippen molar-refractivity contribution in [1.82, 2.24) is 0 Å². The maximum atomic E-state index is 6.22. The summed E-state index contributed by atoms with van der Waals surface area (Å²) in [6.45, 7) is 16.3. The monoisotopic (exact) mass is 356 g/mol. The van der Waals surface area contributed by atoms with E-state index in [1.54, 1.807) is 0 Å². The number of rotatable bonds is 3. The molecule has 0 aromatic heterocycles. The average Bonchev–Trinajstić information content (AvgIpc) is 2.46. The number of aryl methyl sites for hydroxylation is 1. The van der Waals surface area contributed by atoms with Crippen molar-refractivity contribution in [2.24, 2.45) is 0 Å². The lowest BCUT2D eigenvalue weighted by molar-refractivity contribution is 0.838. The highest BCUT2D eigenvalue weighted by Crippen LogP contribution is 2.41. The Morgan fingerprint density at radius 1 is 0.917 bits per heavy atom. The van der Waals surface area contributed by atoms with E-state index in [0.717, 1.165) is 10.6 Å². The molecule has 0 N–H and O–H groups in total. The molecule has 0 aliphatic rings. The third kappa shape index (κ3) is 3.41. The molecule has 0 atom stereocenters. The Labute approximate surface area is 153 Å². The SMILES string of the molecule is Cc1cc(Cl)cc2cccc(C#C[Si](C(C)C)(C(C)C)C(C)C)c12. The van der Waals surface area contributed by atoms with Crippen LogP contribution >= 0.6 is 11.6 Å². The molecule has 2 aromatic rings. The van der Waals surface area contributed by atoms with Crippen LogP contribution < -0.4 is 0 Å². The molecule has 0 nitrogen and oxygen atoms in total. The summed E-state index contributed by atoms with van der Waals surface area (Å²) >= 11 is 6.22. The van der Waals surface area contributed by atoms with Crippen molar-refractivity contribution >= 4 is 30.4 Å². The minimum atomic E-state index is -1.71. The smallest absolute Gasteiger partial charge is 0.125 e. The van der Waals surface area contributed by atoms with Crippen molar-refractivity contribution in [3.05, 3.63) is 46.5 Å². The van der Waals surface area contributed by atoms with Gasteiger partial charge >= 0.3 is 0 Å². The van der Waals surface area contributed by atoms with Crippen LogP contribution in [0.15, 0.2) is 30.3 Å². The van der Waals surface area contributed by atoms with Gasteiger partial charge in [-0.05, 0) is 52.7 Å². The van der Waals surface area contributed by atoms with Gasteiger partial charge in [0.25, 0.3) is 0 Å². The van der Waals surface area contributed by atoms with Crippen LogP contribution in [0.25, 0.3) is 10.8 Å². The van der Waals surface area contributed by atoms with Gasteiger partial charge in [0.05, 0.1) is 0 Å². The summed E-state index contributed by atoms with van der Waals surface area (Å²) in [7, 11) is -1.71. The lowest BCUT2D eigenvalue weighted by atomic mass is 10.0. The van der Waals surface area contributed by atoms with E-state index in [4.69, 9.17) is 11.6 Å². The van der Waals surface area contributed by atoms with Gasteiger partial charge in [-0.15, -0.1) is 5.54 Å². The zero-order valence-electron chi connectivity index (χ0n) is 16.0. The van der Waals surface area contributed by atoms with Crippen molar-refractivity contribution in [2.45, 2.75) is 65.1 Å². The summed E-state index contributed by atoms with van der Waals surface area (Å²) in [6, 6.07) is 10.4. The molecular weight excluding hydrogens is 328 g/mol. The molecule has 2 rings (SSSR count). The Balaban J connectivity index is 2.68. The zero-order valence-corrected chi connectivity index (χ0v) is 17.8. The second-order valence-corrected chi connectivity index (χ2v) is 13.8. The highest BCUT2D eigenvalue weighted by atomic mass is 35.5. The van der Waals surface area contributed by atoms with Crippen molar-refractivity contribution < 1.29 is 0 Å². The topological polar surface area (TPSA) is 0 Å². The lowest BCUT2D eigenvalue weighted by Gasteiger charge is -2.38. The summed E-state index contributed by atoms with van der Waals surface area (Å²) in [5, 5.41) is 3.21. The van der Waals surface area contributed by atoms with Crippen LogP contribution in [0.5, 0.6) is 0 Å². The standard InChI is InChI=1S/C22H29ClSi/c1-15(2)24(16(3)4,17(5)6)12-11-19-9-8-10-20-14-21(23)13-18(7)22(19)20/h8-10,13-17H,1-7H3. The van der Waals surface area contributed by atoms with Crippen LogP contribution in [0.2, 0.25) is 21.6 Å². The first-order valence-corrected chi connectivity index (χ1v) is 11.5. The third-order valence-electron chi connectivity index (χ3n) is 5.42. The van der Waals surface area contributed by atoms with Crippen molar-refractivity contribution in [3.8, 4) is 11.5 Å². The van der Waals surface area contributed by atoms with E-state index in [1.165, 1.54) is 16.3 Å². The lowest BCUT2D eigenvalue weighted by Crippen LogP contribution is -2.43. The quantitative estimate of drug-likeness (QED) is 0.397. The molecule has 0 heterocycles. The fourth-order valence-electron chi connectivity index (χ4n) is 4.31. The van der Waals surface area contributed by atoms with Gasteiger partial charge < -0.3 is 0 Å². The largest absolute Gasteiger partial charge is 0.146 e. The number of hydrogen-bond acceptors (Lipinski definition) is 0. The molecule has 0 bridgehead atoms. The molecule has 128 valence electrons. The summed E-state index contributed by atoms with van der Waals surface area (Å²) in [4.78, 5) is 0. The van der Waals surface area contributed by atoms with E-state index in [1.807, 2.05) is 12.1 Å². The highest BCUT2D eigenvalue weighted by molar-refractivity contribution is 6.90. The molecule has 0 aliphatic carbocycles. The molecule has 0 aliphatic heterocycles. The molecule has 0 amide bonds. The van der Waals surface area contributed by atoms with E-state index < -0.39 is 8.07 Å². The first-order chi connectivity index (χ1) is 11.2. The predicted molar refractivity (Wildman–Crippen MR) is 112 cm³/mol. The summed E-state index contributed by atoms with van der Waals surface area (Å²) < 4.78 is 0. The molecule has 0 saturated carbocycles. The van der Waals surface area contributed by atoms with E-state index in [0.29, 0.717) is 16.6 Å².